The molecule has 0 unspecified atom stereocenters. The molecule has 1 aromatic carbocycles. The number of hydrogen-bond acceptors (Lipinski definition) is 6. The van der Waals surface area contributed by atoms with Gasteiger partial charge in [-0.05, 0) is 49.9 Å². The molecule has 2 amide bonds. The molecule has 9 heteroatoms. The topological polar surface area (TPSA) is 113 Å². The van der Waals surface area contributed by atoms with Gasteiger partial charge in [0.15, 0.2) is 0 Å². The molecule has 1 aliphatic carbocycles. The Hall–Kier alpha value is -2.65. The number of amides is 2. The third-order valence-electron chi connectivity index (χ3n) is 4.60. The fraction of sp³-hybridized carbons (Fsp3) is 0.400. The second-order valence-electron chi connectivity index (χ2n) is 6.80. The highest BCUT2D eigenvalue weighted by Crippen LogP contribution is 2.28. The Morgan fingerprint density at radius 2 is 1.79 bits per heavy atom. The van der Waals surface area contributed by atoms with Gasteiger partial charge < -0.3 is 15.7 Å². The number of fused-ring (bicyclic) bond motifs is 1. The monoisotopic (exact) mass is 416 g/mol. The van der Waals surface area contributed by atoms with Gasteiger partial charge in [0.1, 0.15) is 5.03 Å². The number of thioether (sulfide) groups is 1. The van der Waals surface area contributed by atoms with Crippen molar-refractivity contribution in [3.8, 4) is 0 Å². The highest BCUT2D eigenvalue weighted by molar-refractivity contribution is 8.00. The van der Waals surface area contributed by atoms with E-state index in [0.717, 1.165) is 36.9 Å². The Bertz CT molecular complexity index is 956. The second-order valence-corrected chi connectivity index (χ2v) is 7.77. The van der Waals surface area contributed by atoms with Crippen LogP contribution in [0.15, 0.2) is 34.1 Å². The molecule has 3 rings (SSSR count). The molecule has 1 aliphatic rings. The summed E-state index contributed by atoms with van der Waals surface area (Å²) in [6.07, 6.45) is 3.63. The molecule has 0 spiro atoms. The fourth-order valence-corrected chi connectivity index (χ4v) is 4.25. The molecule has 0 saturated heterocycles. The SMILES string of the molecule is CC(=O)Nc1ccc(NC(=O)CSc2nc(=O)n(CCO)c3c2CCCC3)cc1. The lowest BCUT2D eigenvalue weighted by Crippen LogP contribution is -2.31. The van der Waals surface area contributed by atoms with Gasteiger partial charge in [-0.25, -0.2) is 4.79 Å². The van der Waals surface area contributed by atoms with Crippen molar-refractivity contribution in [1.29, 1.82) is 0 Å². The van der Waals surface area contributed by atoms with Gasteiger partial charge in [0, 0.05) is 29.6 Å². The Kier molecular flexibility index (Phi) is 7.05. The normalized spacial score (nSPS) is 12.9. The van der Waals surface area contributed by atoms with Crippen molar-refractivity contribution in [2.24, 2.45) is 0 Å². The van der Waals surface area contributed by atoms with E-state index in [-0.39, 0.29) is 36.4 Å². The Morgan fingerprint density at radius 3 is 2.45 bits per heavy atom. The molecule has 2 aromatic rings. The summed E-state index contributed by atoms with van der Waals surface area (Å²) in [5, 5.41) is 15.3. The molecular formula is C20H24N4O4S. The highest BCUT2D eigenvalue weighted by atomic mass is 32.2. The molecule has 3 N–H and O–H groups in total. The first kappa shape index (κ1) is 21.1. The van der Waals surface area contributed by atoms with Crippen molar-refractivity contribution in [3.63, 3.8) is 0 Å². The summed E-state index contributed by atoms with van der Waals surface area (Å²) in [5.74, 6) is -0.223. The van der Waals surface area contributed by atoms with E-state index in [2.05, 4.69) is 15.6 Å². The van der Waals surface area contributed by atoms with E-state index in [9.17, 15) is 19.5 Å². The first-order chi connectivity index (χ1) is 14.0. The molecule has 1 aromatic heterocycles. The first-order valence-corrected chi connectivity index (χ1v) is 10.5. The number of aliphatic hydroxyl groups is 1. The van der Waals surface area contributed by atoms with E-state index in [1.165, 1.54) is 18.7 Å². The Labute approximate surface area is 172 Å². The van der Waals surface area contributed by atoms with E-state index in [0.29, 0.717) is 16.4 Å². The van der Waals surface area contributed by atoms with Gasteiger partial charge in [-0.2, -0.15) is 4.98 Å². The van der Waals surface area contributed by atoms with Crippen molar-refractivity contribution in [2.75, 3.05) is 23.0 Å². The number of nitrogens with zero attached hydrogens (tertiary/aromatic N) is 2. The zero-order chi connectivity index (χ0) is 20.8. The van der Waals surface area contributed by atoms with Crippen molar-refractivity contribution in [2.45, 2.75) is 44.2 Å². The number of aromatic nitrogens is 2. The lowest BCUT2D eigenvalue weighted by Gasteiger charge is -2.22. The van der Waals surface area contributed by atoms with Crippen LogP contribution in [0.3, 0.4) is 0 Å². The number of aliphatic hydroxyl groups excluding tert-OH is 1. The number of nitrogens with one attached hydrogen (secondary N) is 2. The predicted molar refractivity (Wildman–Crippen MR) is 112 cm³/mol. The molecule has 0 atom stereocenters. The molecule has 0 saturated carbocycles. The Morgan fingerprint density at radius 1 is 1.14 bits per heavy atom. The van der Waals surface area contributed by atoms with Gasteiger partial charge in [-0.15, -0.1) is 0 Å². The van der Waals surface area contributed by atoms with E-state index < -0.39 is 0 Å². The molecular weight excluding hydrogens is 392 g/mol. The maximum Gasteiger partial charge on any atom is 0.348 e. The van der Waals surface area contributed by atoms with Crippen molar-refractivity contribution in [3.05, 3.63) is 46.0 Å². The Balaban J connectivity index is 1.66. The number of rotatable bonds is 7. The standard InChI is InChI=1S/C20H24N4O4S/c1-13(26)21-14-6-8-15(9-7-14)22-18(27)12-29-19-16-4-2-3-5-17(16)24(10-11-25)20(28)23-19/h6-9,25H,2-5,10-12H2,1H3,(H,21,26)(H,22,27). The van der Waals surface area contributed by atoms with Crippen molar-refractivity contribution in [1.82, 2.24) is 9.55 Å². The highest BCUT2D eigenvalue weighted by Gasteiger charge is 2.20. The van der Waals surface area contributed by atoms with Crippen LogP contribution in [0.1, 0.15) is 31.0 Å². The van der Waals surface area contributed by atoms with Crippen LogP contribution in [0.2, 0.25) is 0 Å². The quantitative estimate of drug-likeness (QED) is 0.469. The van der Waals surface area contributed by atoms with Crippen LogP contribution in [0.25, 0.3) is 0 Å². The van der Waals surface area contributed by atoms with E-state index >= 15 is 0 Å². The summed E-state index contributed by atoms with van der Waals surface area (Å²) >= 11 is 1.26. The van der Waals surface area contributed by atoms with Crippen LogP contribution in [-0.2, 0) is 29.0 Å². The second kappa shape index (κ2) is 9.71. The van der Waals surface area contributed by atoms with Crippen LogP contribution < -0.4 is 16.3 Å². The van der Waals surface area contributed by atoms with Crippen LogP contribution >= 0.6 is 11.8 Å². The molecule has 154 valence electrons. The summed E-state index contributed by atoms with van der Waals surface area (Å²) in [5.41, 5.74) is 2.85. The van der Waals surface area contributed by atoms with Crippen molar-refractivity contribution >= 4 is 35.0 Å². The summed E-state index contributed by atoms with van der Waals surface area (Å²) in [4.78, 5) is 39.9. The number of hydrogen-bond donors (Lipinski definition) is 3. The summed E-state index contributed by atoms with van der Waals surface area (Å²) in [6.45, 7) is 1.57. The largest absolute Gasteiger partial charge is 0.395 e. The van der Waals surface area contributed by atoms with Gasteiger partial charge in [-0.3, -0.25) is 14.2 Å². The molecule has 0 bridgehead atoms. The first-order valence-electron chi connectivity index (χ1n) is 9.51. The van der Waals surface area contributed by atoms with Gasteiger partial charge in [-0.1, -0.05) is 11.8 Å². The zero-order valence-corrected chi connectivity index (χ0v) is 17.1. The lowest BCUT2D eigenvalue weighted by atomic mass is 9.97. The number of carbonyl (C=O) groups excluding carboxylic acids is 2. The molecule has 0 radical (unpaired) electrons. The molecule has 29 heavy (non-hydrogen) atoms. The van der Waals surface area contributed by atoms with Gasteiger partial charge >= 0.3 is 5.69 Å². The third-order valence-corrected chi connectivity index (χ3v) is 5.62. The summed E-state index contributed by atoms with van der Waals surface area (Å²) in [7, 11) is 0. The van der Waals surface area contributed by atoms with Gasteiger partial charge in [0.05, 0.1) is 18.9 Å². The molecule has 0 fully saturated rings. The summed E-state index contributed by atoms with van der Waals surface area (Å²) in [6, 6.07) is 6.85. The molecule has 1 heterocycles. The fourth-order valence-electron chi connectivity index (χ4n) is 3.37. The lowest BCUT2D eigenvalue weighted by molar-refractivity contribution is -0.114. The number of anilines is 2. The smallest absolute Gasteiger partial charge is 0.348 e. The molecule has 8 nitrogen and oxygen atoms in total. The van der Waals surface area contributed by atoms with Gasteiger partial charge in [0.2, 0.25) is 11.8 Å². The minimum Gasteiger partial charge on any atom is -0.395 e. The average Bonchev–Trinajstić information content (AvgIpc) is 2.70. The van der Waals surface area contributed by atoms with Crippen molar-refractivity contribution < 1.29 is 14.7 Å². The maximum absolute atomic E-state index is 12.3. The summed E-state index contributed by atoms with van der Waals surface area (Å²) < 4.78 is 1.55. The van der Waals surface area contributed by atoms with E-state index in [1.54, 1.807) is 28.8 Å². The minimum absolute atomic E-state index is 0.107. The van der Waals surface area contributed by atoms with Crippen LogP contribution in [-0.4, -0.2) is 38.8 Å². The maximum atomic E-state index is 12.3. The van der Waals surface area contributed by atoms with E-state index in [1.807, 2.05) is 0 Å². The van der Waals surface area contributed by atoms with Gasteiger partial charge in [0.25, 0.3) is 0 Å². The molecule has 0 aliphatic heterocycles. The van der Waals surface area contributed by atoms with E-state index in [4.69, 9.17) is 0 Å². The zero-order valence-electron chi connectivity index (χ0n) is 16.2. The third kappa shape index (κ3) is 5.45. The van der Waals surface area contributed by atoms with Crippen LogP contribution in [0.5, 0.6) is 0 Å². The predicted octanol–water partition coefficient (Wildman–Crippen LogP) is 1.80. The average molecular weight is 417 g/mol. The van der Waals surface area contributed by atoms with Crippen LogP contribution in [0, 0.1) is 0 Å². The number of carbonyl (C=O) groups is 2. The number of benzene rings is 1. The minimum atomic E-state index is -0.379. The van der Waals surface area contributed by atoms with Crippen LogP contribution in [0.4, 0.5) is 11.4 Å².